The summed E-state index contributed by atoms with van der Waals surface area (Å²) in [6.45, 7) is 0. The predicted molar refractivity (Wildman–Crippen MR) is 85.9 cm³/mol. The molecule has 0 atom stereocenters. The molecule has 2 aromatic carbocycles. The lowest BCUT2D eigenvalue weighted by molar-refractivity contribution is 0.841. The summed E-state index contributed by atoms with van der Waals surface area (Å²) in [5, 5.41) is 17.2. The van der Waals surface area contributed by atoms with Gasteiger partial charge in [-0.25, -0.2) is 0 Å². The van der Waals surface area contributed by atoms with Gasteiger partial charge in [-0.2, -0.15) is 9.62 Å². The fourth-order valence-corrected chi connectivity index (χ4v) is 2.35. The number of nitrogens with zero attached hydrogens (tertiary/aromatic N) is 5. The third-order valence-corrected chi connectivity index (χ3v) is 3.37. The van der Waals surface area contributed by atoms with E-state index in [1.54, 1.807) is 10.7 Å². The second kappa shape index (κ2) is 5.25. The molecule has 0 bridgehead atoms. The van der Waals surface area contributed by atoms with Crippen molar-refractivity contribution in [3.05, 3.63) is 66.2 Å². The molecule has 1 N–H and O–H groups in total. The zero-order valence-corrected chi connectivity index (χ0v) is 11.6. The summed E-state index contributed by atoms with van der Waals surface area (Å²) in [6, 6.07) is 19.8. The van der Waals surface area contributed by atoms with Crippen LogP contribution in [0.1, 0.15) is 5.56 Å². The van der Waals surface area contributed by atoms with Crippen LogP contribution in [0, 0.1) is 0 Å². The number of pyridine rings is 1. The van der Waals surface area contributed by atoms with E-state index < -0.39 is 0 Å². The van der Waals surface area contributed by atoms with Gasteiger partial charge in [0.15, 0.2) is 5.65 Å². The van der Waals surface area contributed by atoms with E-state index in [2.05, 4.69) is 26.1 Å². The number of tetrazole rings is 1. The molecule has 0 radical (unpaired) electrons. The molecule has 0 saturated carbocycles. The average molecular weight is 288 g/mol. The standard InChI is InChI=1S/C16H12N6/c1-2-7-14(8-3-1)18-17-11-13-10-12-6-4-5-9-15(12)22-16(13)19-20-21-22/h1-11,18H/b17-11+. The van der Waals surface area contributed by atoms with Gasteiger partial charge >= 0.3 is 0 Å². The summed E-state index contributed by atoms with van der Waals surface area (Å²) >= 11 is 0. The zero-order chi connectivity index (χ0) is 14.8. The van der Waals surface area contributed by atoms with Crippen molar-refractivity contribution in [1.29, 1.82) is 0 Å². The van der Waals surface area contributed by atoms with Crippen LogP contribution < -0.4 is 5.43 Å². The highest BCUT2D eigenvalue weighted by molar-refractivity contribution is 5.95. The molecule has 0 aliphatic rings. The van der Waals surface area contributed by atoms with Crippen molar-refractivity contribution in [2.24, 2.45) is 5.10 Å². The quantitative estimate of drug-likeness (QED) is 0.465. The summed E-state index contributed by atoms with van der Waals surface area (Å²) < 4.78 is 1.72. The maximum atomic E-state index is 4.26. The van der Waals surface area contributed by atoms with Crippen molar-refractivity contribution in [2.45, 2.75) is 0 Å². The van der Waals surface area contributed by atoms with Gasteiger partial charge in [-0.15, -0.1) is 5.10 Å². The number of hydrogen-bond donors (Lipinski definition) is 1. The fourth-order valence-electron chi connectivity index (χ4n) is 2.35. The first-order chi connectivity index (χ1) is 10.9. The summed E-state index contributed by atoms with van der Waals surface area (Å²) in [6.07, 6.45) is 1.73. The van der Waals surface area contributed by atoms with Crippen LogP contribution in [0.15, 0.2) is 65.8 Å². The Balaban J connectivity index is 1.75. The van der Waals surface area contributed by atoms with Crippen molar-refractivity contribution in [3.63, 3.8) is 0 Å². The molecule has 4 aromatic rings. The molecule has 2 aromatic heterocycles. The SMILES string of the molecule is C(=N\Nc1ccccc1)/c1cc2ccccc2n2nnnc12. The Morgan fingerprint density at radius 3 is 2.73 bits per heavy atom. The monoisotopic (exact) mass is 288 g/mol. The molecule has 0 amide bonds. The highest BCUT2D eigenvalue weighted by Gasteiger charge is 2.07. The number of para-hydroxylation sites is 2. The lowest BCUT2D eigenvalue weighted by Gasteiger charge is -2.03. The number of aromatic nitrogens is 4. The van der Waals surface area contributed by atoms with Crippen molar-refractivity contribution in [3.8, 4) is 0 Å². The van der Waals surface area contributed by atoms with Gasteiger partial charge in [-0.1, -0.05) is 36.4 Å². The van der Waals surface area contributed by atoms with Gasteiger partial charge in [0.05, 0.1) is 17.4 Å². The smallest absolute Gasteiger partial charge is 0.188 e. The average Bonchev–Trinajstić information content (AvgIpc) is 3.06. The molecule has 22 heavy (non-hydrogen) atoms. The number of nitrogens with one attached hydrogen (secondary N) is 1. The van der Waals surface area contributed by atoms with Crippen molar-refractivity contribution < 1.29 is 0 Å². The highest BCUT2D eigenvalue weighted by atomic mass is 15.5. The Bertz CT molecular complexity index is 958. The lowest BCUT2D eigenvalue weighted by atomic mass is 10.1. The van der Waals surface area contributed by atoms with Crippen LogP contribution >= 0.6 is 0 Å². The number of rotatable bonds is 3. The van der Waals surface area contributed by atoms with E-state index in [1.165, 1.54) is 0 Å². The predicted octanol–water partition coefficient (Wildman–Crippen LogP) is 2.72. The highest BCUT2D eigenvalue weighted by Crippen LogP contribution is 2.17. The molecule has 0 fully saturated rings. The van der Waals surface area contributed by atoms with Crippen LogP contribution in [-0.4, -0.2) is 26.3 Å². The van der Waals surface area contributed by atoms with Gasteiger partial charge in [0, 0.05) is 10.9 Å². The van der Waals surface area contributed by atoms with E-state index in [9.17, 15) is 0 Å². The van der Waals surface area contributed by atoms with Crippen molar-refractivity contribution in [1.82, 2.24) is 20.0 Å². The summed E-state index contributed by atoms with van der Waals surface area (Å²) in [5.41, 5.74) is 6.42. The maximum absolute atomic E-state index is 4.26. The third kappa shape index (κ3) is 2.16. The molecular weight excluding hydrogens is 276 g/mol. The minimum Gasteiger partial charge on any atom is -0.279 e. The fraction of sp³-hybridized carbons (Fsp3) is 0. The maximum Gasteiger partial charge on any atom is 0.188 e. The van der Waals surface area contributed by atoms with E-state index in [4.69, 9.17) is 0 Å². The van der Waals surface area contributed by atoms with Gasteiger partial charge in [-0.3, -0.25) is 5.43 Å². The number of benzene rings is 2. The van der Waals surface area contributed by atoms with E-state index in [0.29, 0.717) is 5.65 Å². The van der Waals surface area contributed by atoms with Crippen LogP contribution in [-0.2, 0) is 0 Å². The van der Waals surface area contributed by atoms with Crippen LogP contribution in [0.4, 0.5) is 5.69 Å². The summed E-state index contributed by atoms with van der Waals surface area (Å²) in [5.74, 6) is 0. The van der Waals surface area contributed by atoms with Gasteiger partial charge in [0.2, 0.25) is 0 Å². The molecule has 0 aliphatic carbocycles. The topological polar surface area (TPSA) is 67.5 Å². The van der Waals surface area contributed by atoms with Crippen LogP contribution in [0.2, 0.25) is 0 Å². The second-order valence-electron chi connectivity index (χ2n) is 4.81. The largest absolute Gasteiger partial charge is 0.279 e. The van der Waals surface area contributed by atoms with Crippen LogP contribution in [0.25, 0.3) is 16.6 Å². The van der Waals surface area contributed by atoms with E-state index in [0.717, 1.165) is 22.2 Å². The third-order valence-electron chi connectivity index (χ3n) is 3.37. The Morgan fingerprint density at radius 1 is 1.00 bits per heavy atom. The molecule has 0 unspecified atom stereocenters. The molecule has 106 valence electrons. The number of fused-ring (bicyclic) bond motifs is 3. The van der Waals surface area contributed by atoms with Gasteiger partial charge in [0.1, 0.15) is 0 Å². The normalized spacial score (nSPS) is 11.5. The van der Waals surface area contributed by atoms with Crippen LogP contribution in [0.3, 0.4) is 0 Å². The molecule has 4 rings (SSSR count). The second-order valence-corrected chi connectivity index (χ2v) is 4.81. The number of hydrogen-bond acceptors (Lipinski definition) is 5. The Kier molecular flexibility index (Phi) is 2.97. The molecule has 0 saturated heterocycles. The van der Waals surface area contributed by atoms with Crippen molar-refractivity contribution in [2.75, 3.05) is 5.43 Å². The van der Waals surface area contributed by atoms with E-state index >= 15 is 0 Å². The number of anilines is 1. The molecule has 0 aliphatic heterocycles. The van der Waals surface area contributed by atoms with E-state index in [1.807, 2.05) is 60.7 Å². The first-order valence-electron chi connectivity index (χ1n) is 6.86. The Morgan fingerprint density at radius 2 is 1.82 bits per heavy atom. The van der Waals surface area contributed by atoms with Crippen molar-refractivity contribution >= 4 is 28.5 Å². The van der Waals surface area contributed by atoms with E-state index in [-0.39, 0.29) is 0 Å². The molecular formula is C16H12N6. The lowest BCUT2D eigenvalue weighted by Crippen LogP contribution is -1.97. The molecule has 2 heterocycles. The van der Waals surface area contributed by atoms with Gasteiger partial charge in [0.25, 0.3) is 0 Å². The number of hydrazone groups is 1. The first-order valence-corrected chi connectivity index (χ1v) is 6.86. The molecule has 6 nitrogen and oxygen atoms in total. The zero-order valence-electron chi connectivity index (χ0n) is 11.6. The van der Waals surface area contributed by atoms with Gasteiger partial charge in [-0.05, 0) is 34.7 Å². The minimum absolute atomic E-state index is 0.678. The van der Waals surface area contributed by atoms with Crippen LogP contribution in [0.5, 0.6) is 0 Å². The Labute approximate surface area is 126 Å². The first kappa shape index (κ1) is 12.5. The minimum atomic E-state index is 0.678. The van der Waals surface area contributed by atoms with Gasteiger partial charge < -0.3 is 0 Å². The summed E-state index contributed by atoms with van der Waals surface area (Å²) in [7, 11) is 0. The Hall–Kier alpha value is -3.28. The summed E-state index contributed by atoms with van der Waals surface area (Å²) in [4.78, 5) is 0. The molecule has 6 heteroatoms. The molecule has 0 spiro atoms.